The molecule has 1 aromatic rings. The van der Waals surface area contributed by atoms with Crippen LogP contribution in [-0.4, -0.2) is 25.2 Å². The van der Waals surface area contributed by atoms with Crippen LogP contribution >= 0.6 is 0 Å². The quantitative estimate of drug-likeness (QED) is 0.824. The van der Waals surface area contributed by atoms with E-state index < -0.39 is 0 Å². The molecule has 21 heavy (non-hydrogen) atoms. The van der Waals surface area contributed by atoms with Crippen LogP contribution in [0, 0.1) is 18.2 Å². The van der Waals surface area contributed by atoms with E-state index in [2.05, 4.69) is 24.7 Å². The highest BCUT2D eigenvalue weighted by Crippen LogP contribution is 2.23. The molecule has 2 N–H and O–H groups in total. The number of nitrogens with one attached hydrogen (secondary N) is 2. The summed E-state index contributed by atoms with van der Waals surface area (Å²) in [7, 11) is 0. The Morgan fingerprint density at radius 1 is 1.48 bits per heavy atom. The third kappa shape index (κ3) is 6.69. The lowest BCUT2D eigenvalue weighted by atomic mass is 9.84. The highest BCUT2D eigenvalue weighted by atomic mass is 19.1. The molecule has 1 aliphatic rings. The Bertz CT molecular complexity index is 446. The minimum atomic E-state index is -0.205. The molecule has 4 nitrogen and oxygen atoms in total. The van der Waals surface area contributed by atoms with Crippen molar-refractivity contribution in [3.8, 4) is 0 Å². The Morgan fingerprint density at radius 2 is 2.19 bits per heavy atom. The number of aryl methyl sites for hydroxylation is 1. The molecule has 2 rings (SSSR count). The van der Waals surface area contributed by atoms with Crippen molar-refractivity contribution in [2.45, 2.75) is 40.2 Å². The lowest BCUT2D eigenvalue weighted by molar-refractivity contribution is -0.147. The number of carbonyl (C=O) groups excluding carboxylic acids is 1. The molecule has 1 fully saturated rings. The van der Waals surface area contributed by atoms with Gasteiger partial charge in [0.15, 0.2) is 0 Å². The zero-order chi connectivity index (χ0) is 15.9. The molecule has 5 heteroatoms. The van der Waals surface area contributed by atoms with Gasteiger partial charge < -0.3 is 4.74 Å². The summed E-state index contributed by atoms with van der Waals surface area (Å²) in [5.41, 5.74) is 7.07. The predicted molar refractivity (Wildman–Crippen MR) is 81.1 cm³/mol. The smallest absolute Gasteiger partial charge is 0.324 e. The fourth-order valence-corrected chi connectivity index (χ4v) is 2.08. The van der Waals surface area contributed by atoms with Crippen molar-refractivity contribution in [2.75, 3.05) is 13.2 Å². The van der Waals surface area contributed by atoms with Gasteiger partial charge in [0.1, 0.15) is 11.9 Å². The van der Waals surface area contributed by atoms with Crippen LogP contribution in [0.4, 0.5) is 4.39 Å². The van der Waals surface area contributed by atoms with Crippen LogP contribution in [0.15, 0.2) is 24.3 Å². The summed E-state index contributed by atoms with van der Waals surface area (Å²) in [5, 5.41) is 0. The van der Waals surface area contributed by atoms with Gasteiger partial charge in [-0.15, -0.1) is 0 Å². The molecule has 0 aromatic heterocycles. The molecule has 1 aliphatic heterocycles. The van der Waals surface area contributed by atoms with E-state index in [1.54, 1.807) is 6.07 Å². The summed E-state index contributed by atoms with van der Waals surface area (Å²) in [4.78, 5) is 11.4. The maximum Gasteiger partial charge on any atom is 0.324 e. The van der Waals surface area contributed by atoms with Crippen LogP contribution in [0.2, 0.25) is 0 Å². The third-order valence-electron chi connectivity index (χ3n) is 3.15. The first-order chi connectivity index (χ1) is 9.84. The number of rotatable bonds is 2. The van der Waals surface area contributed by atoms with E-state index in [1.807, 2.05) is 19.9 Å². The maximum atomic E-state index is 12.2. The van der Waals surface area contributed by atoms with Crippen molar-refractivity contribution in [1.29, 1.82) is 0 Å². The molecule has 1 atom stereocenters. The molecule has 0 saturated carbocycles. The van der Waals surface area contributed by atoms with E-state index in [1.165, 1.54) is 12.1 Å². The number of carbonyl (C=O) groups is 1. The van der Waals surface area contributed by atoms with Crippen LogP contribution in [-0.2, 0) is 9.53 Å². The van der Waals surface area contributed by atoms with Crippen molar-refractivity contribution >= 4 is 5.97 Å². The summed E-state index contributed by atoms with van der Waals surface area (Å²) < 4.78 is 17.1. The molecule has 0 aliphatic carbocycles. The number of halogens is 1. The molecule has 1 aromatic carbocycles. The molecule has 118 valence electrons. The second kappa shape index (κ2) is 8.10. The Morgan fingerprint density at radius 3 is 2.67 bits per heavy atom. The summed E-state index contributed by atoms with van der Waals surface area (Å²) in [6.45, 7) is 9.27. The number of ether oxygens (including phenoxy) is 1. The monoisotopic (exact) mass is 296 g/mol. The molecule has 0 spiro atoms. The van der Waals surface area contributed by atoms with Gasteiger partial charge >= 0.3 is 5.97 Å². The molecular weight excluding hydrogens is 271 g/mol. The normalized spacial score (nSPS) is 20.1. The number of benzene rings is 1. The van der Waals surface area contributed by atoms with E-state index in [9.17, 15) is 9.18 Å². The van der Waals surface area contributed by atoms with Gasteiger partial charge in [0.2, 0.25) is 0 Å². The Kier molecular flexibility index (Phi) is 6.78. The van der Waals surface area contributed by atoms with Crippen LogP contribution in [0.5, 0.6) is 0 Å². The van der Waals surface area contributed by atoms with Crippen molar-refractivity contribution < 1.29 is 13.9 Å². The summed E-state index contributed by atoms with van der Waals surface area (Å²) in [6.07, 6.45) is 0.818. The fraction of sp³-hybridized carbons (Fsp3) is 0.562. The zero-order valence-electron chi connectivity index (χ0n) is 13.2. The molecule has 1 saturated heterocycles. The molecule has 0 amide bonds. The fourth-order valence-electron chi connectivity index (χ4n) is 2.08. The largest absolute Gasteiger partial charge is 0.465 e. The van der Waals surface area contributed by atoms with Crippen LogP contribution in [0.1, 0.15) is 32.8 Å². The van der Waals surface area contributed by atoms with Crippen molar-refractivity contribution in [3.05, 3.63) is 35.6 Å². The van der Waals surface area contributed by atoms with Crippen LogP contribution in [0.25, 0.3) is 0 Å². The maximum absolute atomic E-state index is 12.2. The lowest BCUT2D eigenvalue weighted by Gasteiger charge is -2.35. The first kappa shape index (κ1) is 17.6. The predicted octanol–water partition coefficient (Wildman–Crippen LogP) is 2.58. The molecule has 1 unspecified atom stereocenters. The van der Waals surface area contributed by atoms with Gasteiger partial charge in [0, 0.05) is 6.54 Å². The second-order valence-electron chi connectivity index (χ2n) is 5.97. The Hall–Kier alpha value is -1.46. The van der Waals surface area contributed by atoms with Crippen molar-refractivity contribution in [3.63, 3.8) is 0 Å². The minimum Gasteiger partial charge on any atom is -0.465 e. The summed E-state index contributed by atoms with van der Waals surface area (Å²) >= 11 is 0. The number of hydrazine groups is 1. The SMILES string of the molecule is CCOC(=O)C1CC(C)(C)CNN1.Cc1cccc(F)c1. The first-order valence-corrected chi connectivity index (χ1v) is 7.21. The van der Waals surface area contributed by atoms with Crippen LogP contribution < -0.4 is 10.9 Å². The number of esters is 1. The van der Waals surface area contributed by atoms with Gasteiger partial charge in [-0.2, -0.15) is 0 Å². The van der Waals surface area contributed by atoms with Gasteiger partial charge in [-0.05, 0) is 43.4 Å². The molecule has 0 bridgehead atoms. The van der Waals surface area contributed by atoms with Gasteiger partial charge in [-0.25, -0.2) is 9.82 Å². The molecular formula is C16H25FN2O2. The van der Waals surface area contributed by atoms with Crippen molar-refractivity contribution in [2.24, 2.45) is 5.41 Å². The second-order valence-corrected chi connectivity index (χ2v) is 5.97. The highest BCUT2D eigenvalue weighted by molar-refractivity contribution is 5.75. The average Bonchev–Trinajstić information content (AvgIpc) is 2.38. The van der Waals surface area contributed by atoms with Crippen molar-refractivity contribution in [1.82, 2.24) is 10.9 Å². The van der Waals surface area contributed by atoms with E-state index >= 15 is 0 Å². The van der Waals surface area contributed by atoms with Gasteiger partial charge in [0.05, 0.1) is 6.61 Å². The standard InChI is InChI=1S/C9H18N2O2.C7H7F/c1-4-13-8(12)7-5-9(2,3)6-10-11-7;1-6-3-2-4-7(8)5-6/h7,10-11H,4-6H2,1-3H3;2-5H,1H3. The van der Waals surface area contributed by atoms with E-state index in [4.69, 9.17) is 4.74 Å². The average molecular weight is 296 g/mol. The Balaban J connectivity index is 0.000000235. The molecule has 1 heterocycles. The third-order valence-corrected chi connectivity index (χ3v) is 3.15. The van der Waals surface area contributed by atoms with Gasteiger partial charge in [0.25, 0.3) is 0 Å². The van der Waals surface area contributed by atoms with E-state index in [-0.39, 0.29) is 23.2 Å². The lowest BCUT2D eigenvalue weighted by Crippen LogP contribution is -2.56. The summed E-state index contributed by atoms with van der Waals surface area (Å²) in [5.74, 6) is -0.326. The van der Waals surface area contributed by atoms with Gasteiger partial charge in [-0.1, -0.05) is 26.0 Å². The number of hydrogen-bond donors (Lipinski definition) is 2. The van der Waals surface area contributed by atoms with Gasteiger partial charge in [-0.3, -0.25) is 10.2 Å². The van der Waals surface area contributed by atoms with E-state index in [0.29, 0.717) is 6.61 Å². The summed E-state index contributed by atoms with van der Waals surface area (Å²) in [6, 6.07) is 6.30. The zero-order valence-corrected chi connectivity index (χ0v) is 13.2. The van der Waals surface area contributed by atoms with E-state index in [0.717, 1.165) is 18.5 Å². The highest BCUT2D eigenvalue weighted by Gasteiger charge is 2.32. The minimum absolute atomic E-state index is 0.155. The Labute approximate surface area is 126 Å². The topological polar surface area (TPSA) is 50.4 Å². The number of hydrogen-bond acceptors (Lipinski definition) is 4. The van der Waals surface area contributed by atoms with Crippen LogP contribution in [0.3, 0.4) is 0 Å². The molecule has 0 radical (unpaired) electrons. The first-order valence-electron chi connectivity index (χ1n) is 7.21.